The van der Waals surface area contributed by atoms with Gasteiger partial charge in [0.15, 0.2) is 0 Å². The van der Waals surface area contributed by atoms with Crippen LogP contribution in [0.4, 0.5) is 0 Å². The van der Waals surface area contributed by atoms with Crippen molar-refractivity contribution in [3.63, 3.8) is 0 Å². The maximum absolute atomic E-state index is 8.44. The van der Waals surface area contributed by atoms with Gasteiger partial charge in [0.2, 0.25) is 0 Å². The molecule has 0 amide bonds. The Morgan fingerprint density at radius 2 is 1.93 bits per heavy atom. The van der Waals surface area contributed by atoms with Crippen LogP contribution in [0.25, 0.3) is 0 Å². The van der Waals surface area contributed by atoms with E-state index in [0.717, 1.165) is 18.9 Å². The van der Waals surface area contributed by atoms with Gasteiger partial charge in [-0.05, 0) is 38.6 Å². The number of rotatable bonds is 5. The minimum absolute atomic E-state index is 0.641. The molecule has 0 aromatic rings. The molecule has 1 rings (SSSR count). The molecule has 86 valence electrons. The molecule has 1 atom stereocenters. The van der Waals surface area contributed by atoms with Crippen molar-refractivity contribution in [2.75, 3.05) is 6.54 Å². The molecule has 0 radical (unpaired) electrons. The summed E-state index contributed by atoms with van der Waals surface area (Å²) < 4.78 is 0. The summed E-state index contributed by atoms with van der Waals surface area (Å²) in [5.41, 5.74) is 0. The zero-order valence-electron chi connectivity index (χ0n) is 9.97. The summed E-state index contributed by atoms with van der Waals surface area (Å²) in [4.78, 5) is 0. The molecule has 0 unspecified atom stereocenters. The summed E-state index contributed by atoms with van der Waals surface area (Å²) in [6.45, 7) is 3.31. The molecule has 0 saturated heterocycles. The van der Waals surface area contributed by atoms with E-state index in [-0.39, 0.29) is 0 Å². The Hall–Kier alpha value is -0.550. The van der Waals surface area contributed by atoms with Gasteiger partial charge in [0.05, 0.1) is 6.07 Å². The molecular weight excluding hydrogens is 184 g/mol. The first-order valence-corrected chi connectivity index (χ1v) is 6.45. The minimum atomic E-state index is 0.641. The fourth-order valence-corrected chi connectivity index (χ4v) is 2.47. The van der Waals surface area contributed by atoms with Gasteiger partial charge in [-0.25, -0.2) is 0 Å². The summed E-state index contributed by atoms with van der Waals surface area (Å²) in [6, 6.07) is 2.83. The van der Waals surface area contributed by atoms with E-state index in [4.69, 9.17) is 5.26 Å². The van der Waals surface area contributed by atoms with Crippen molar-refractivity contribution < 1.29 is 0 Å². The Labute approximate surface area is 94.1 Å². The molecule has 0 aromatic heterocycles. The van der Waals surface area contributed by atoms with E-state index < -0.39 is 0 Å². The van der Waals surface area contributed by atoms with Gasteiger partial charge in [-0.1, -0.05) is 25.7 Å². The highest BCUT2D eigenvalue weighted by atomic mass is 14.9. The number of unbranched alkanes of at least 4 members (excludes halogenated alkanes) is 1. The fraction of sp³-hybridized carbons (Fsp3) is 0.923. The van der Waals surface area contributed by atoms with Gasteiger partial charge in [0, 0.05) is 12.5 Å². The van der Waals surface area contributed by atoms with Crippen LogP contribution >= 0.6 is 0 Å². The first-order valence-electron chi connectivity index (χ1n) is 6.45. The topological polar surface area (TPSA) is 35.8 Å². The van der Waals surface area contributed by atoms with Gasteiger partial charge < -0.3 is 5.32 Å². The predicted molar refractivity (Wildman–Crippen MR) is 63.5 cm³/mol. The zero-order chi connectivity index (χ0) is 10.9. The molecule has 0 aliphatic heterocycles. The van der Waals surface area contributed by atoms with Crippen LogP contribution in [-0.2, 0) is 0 Å². The standard InChI is InChI=1S/C13H24N2/c1-12(15-11-7-6-10-14)13-8-4-2-3-5-9-13/h12-13,15H,2-9,11H2,1H3/t12-/m1/s1. The second-order valence-electron chi connectivity index (χ2n) is 4.76. The van der Waals surface area contributed by atoms with Crippen molar-refractivity contribution in [2.45, 2.75) is 64.3 Å². The number of hydrogen-bond donors (Lipinski definition) is 1. The van der Waals surface area contributed by atoms with Gasteiger partial charge in [-0.2, -0.15) is 5.26 Å². The average molecular weight is 208 g/mol. The van der Waals surface area contributed by atoms with Crippen LogP contribution in [0.5, 0.6) is 0 Å². The van der Waals surface area contributed by atoms with E-state index in [9.17, 15) is 0 Å². The van der Waals surface area contributed by atoms with Crippen molar-refractivity contribution in [1.82, 2.24) is 5.32 Å². The molecule has 0 spiro atoms. The van der Waals surface area contributed by atoms with Gasteiger partial charge in [0.1, 0.15) is 0 Å². The van der Waals surface area contributed by atoms with Crippen LogP contribution in [0.3, 0.4) is 0 Å². The van der Waals surface area contributed by atoms with E-state index >= 15 is 0 Å². The van der Waals surface area contributed by atoms with Crippen LogP contribution in [-0.4, -0.2) is 12.6 Å². The molecule has 2 nitrogen and oxygen atoms in total. The first kappa shape index (κ1) is 12.5. The van der Waals surface area contributed by atoms with Crippen LogP contribution in [0.2, 0.25) is 0 Å². The summed E-state index contributed by atoms with van der Waals surface area (Å²) in [6.07, 6.45) is 10.1. The lowest BCUT2D eigenvalue weighted by molar-refractivity contribution is 0.337. The normalized spacial score (nSPS) is 20.5. The Bertz CT molecular complexity index is 187. The van der Waals surface area contributed by atoms with Gasteiger partial charge in [-0.15, -0.1) is 0 Å². The number of nitrogens with one attached hydrogen (secondary N) is 1. The maximum Gasteiger partial charge on any atom is 0.0622 e. The summed E-state index contributed by atoms with van der Waals surface area (Å²) in [5.74, 6) is 0.870. The molecular formula is C13H24N2. The Balaban J connectivity index is 2.14. The molecule has 2 heteroatoms. The third-order valence-corrected chi connectivity index (χ3v) is 3.54. The highest BCUT2D eigenvalue weighted by Crippen LogP contribution is 2.25. The lowest BCUT2D eigenvalue weighted by Crippen LogP contribution is -2.34. The van der Waals surface area contributed by atoms with E-state index in [2.05, 4.69) is 18.3 Å². The monoisotopic (exact) mass is 208 g/mol. The van der Waals surface area contributed by atoms with Crippen LogP contribution in [0.15, 0.2) is 0 Å². The van der Waals surface area contributed by atoms with Gasteiger partial charge >= 0.3 is 0 Å². The fourth-order valence-electron chi connectivity index (χ4n) is 2.47. The summed E-state index contributed by atoms with van der Waals surface area (Å²) in [5, 5.41) is 12.0. The summed E-state index contributed by atoms with van der Waals surface area (Å²) >= 11 is 0. The molecule has 1 fully saturated rings. The average Bonchev–Trinajstić information content (AvgIpc) is 2.52. The van der Waals surface area contributed by atoms with E-state index in [1.54, 1.807) is 0 Å². The Morgan fingerprint density at radius 3 is 2.53 bits per heavy atom. The lowest BCUT2D eigenvalue weighted by Gasteiger charge is -2.23. The molecule has 0 heterocycles. The largest absolute Gasteiger partial charge is 0.314 e. The van der Waals surface area contributed by atoms with E-state index in [1.165, 1.54) is 38.5 Å². The third-order valence-electron chi connectivity index (χ3n) is 3.54. The first-order chi connectivity index (χ1) is 7.34. The number of nitrogens with zero attached hydrogens (tertiary/aromatic N) is 1. The molecule has 1 aliphatic carbocycles. The van der Waals surface area contributed by atoms with Crippen molar-refractivity contribution >= 4 is 0 Å². The summed E-state index contributed by atoms with van der Waals surface area (Å²) in [7, 11) is 0. The highest BCUT2D eigenvalue weighted by Gasteiger charge is 2.17. The van der Waals surface area contributed by atoms with Gasteiger partial charge in [-0.3, -0.25) is 0 Å². The molecule has 1 saturated carbocycles. The molecule has 0 aromatic carbocycles. The maximum atomic E-state index is 8.44. The van der Waals surface area contributed by atoms with E-state index in [1.807, 2.05) is 0 Å². The third kappa shape index (κ3) is 5.18. The number of hydrogen-bond acceptors (Lipinski definition) is 2. The quantitative estimate of drug-likeness (QED) is 0.556. The zero-order valence-corrected chi connectivity index (χ0v) is 9.97. The Kier molecular flexibility index (Phi) is 6.43. The van der Waals surface area contributed by atoms with Crippen molar-refractivity contribution in [1.29, 1.82) is 5.26 Å². The van der Waals surface area contributed by atoms with Gasteiger partial charge in [0.25, 0.3) is 0 Å². The highest BCUT2D eigenvalue weighted by molar-refractivity contribution is 4.76. The van der Waals surface area contributed by atoms with E-state index in [0.29, 0.717) is 12.5 Å². The van der Waals surface area contributed by atoms with Crippen LogP contribution < -0.4 is 5.32 Å². The second-order valence-corrected chi connectivity index (χ2v) is 4.76. The van der Waals surface area contributed by atoms with Crippen molar-refractivity contribution in [3.05, 3.63) is 0 Å². The second kappa shape index (κ2) is 7.70. The molecule has 0 bridgehead atoms. The number of nitriles is 1. The molecule has 15 heavy (non-hydrogen) atoms. The van der Waals surface area contributed by atoms with Crippen molar-refractivity contribution in [3.8, 4) is 6.07 Å². The SMILES string of the molecule is C[C@@H](NCCCC#N)C1CCCCCC1. The van der Waals surface area contributed by atoms with Crippen molar-refractivity contribution in [2.24, 2.45) is 5.92 Å². The lowest BCUT2D eigenvalue weighted by atomic mass is 9.93. The van der Waals surface area contributed by atoms with Crippen LogP contribution in [0.1, 0.15) is 58.3 Å². The smallest absolute Gasteiger partial charge is 0.0622 e. The predicted octanol–water partition coefficient (Wildman–Crippen LogP) is 3.24. The molecule has 1 N–H and O–H groups in total. The minimum Gasteiger partial charge on any atom is -0.314 e. The Morgan fingerprint density at radius 1 is 1.27 bits per heavy atom. The van der Waals surface area contributed by atoms with Crippen LogP contribution in [0, 0.1) is 17.2 Å². The molecule has 1 aliphatic rings.